The van der Waals surface area contributed by atoms with E-state index in [2.05, 4.69) is 10.3 Å². The monoisotopic (exact) mass is 322 g/mol. The van der Waals surface area contributed by atoms with E-state index >= 15 is 0 Å². The Kier molecular flexibility index (Phi) is 4.33. The van der Waals surface area contributed by atoms with Gasteiger partial charge in [-0.2, -0.15) is 0 Å². The highest BCUT2D eigenvalue weighted by Gasteiger charge is 2.08. The predicted molar refractivity (Wildman–Crippen MR) is 94.3 cm³/mol. The number of benzene rings is 2. The molecule has 0 radical (unpaired) electrons. The number of rotatable bonds is 5. The molecule has 0 aliphatic carbocycles. The van der Waals surface area contributed by atoms with Crippen molar-refractivity contribution in [2.24, 2.45) is 0 Å². The fraction of sp³-hybridized carbons (Fsp3) is 0.158. The highest BCUT2D eigenvalue weighted by Crippen LogP contribution is 2.29. The van der Waals surface area contributed by atoms with Gasteiger partial charge < -0.3 is 15.2 Å². The van der Waals surface area contributed by atoms with E-state index in [1.54, 1.807) is 18.2 Å². The number of carbonyl (C=O) groups is 1. The van der Waals surface area contributed by atoms with Crippen molar-refractivity contribution >= 4 is 28.2 Å². The van der Waals surface area contributed by atoms with E-state index in [9.17, 15) is 4.79 Å². The molecule has 0 bridgehead atoms. The largest absolute Gasteiger partial charge is 0.494 e. The van der Waals surface area contributed by atoms with Gasteiger partial charge >= 0.3 is 5.97 Å². The molecule has 0 fully saturated rings. The van der Waals surface area contributed by atoms with Crippen LogP contribution in [0.1, 0.15) is 23.0 Å². The van der Waals surface area contributed by atoms with Crippen molar-refractivity contribution in [3.8, 4) is 5.75 Å². The average Bonchev–Trinajstić information content (AvgIpc) is 2.56. The van der Waals surface area contributed by atoms with Crippen LogP contribution >= 0.6 is 0 Å². The zero-order chi connectivity index (χ0) is 17.1. The van der Waals surface area contributed by atoms with Crippen LogP contribution in [0.4, 0.5) is 11.4 Å². The molecule has 1 aromatic heterocycles. The second-order valence-electron chi connectivity index (χ2n) is 5.43. The number of ether oxygens (including phenoxy) is 1. The highest BCUT2D eigenvalue weighted by atomic mass is 16.5. The molecule has 0 saturated carbocycles. The van der Waals surface area contributed by atoms with Crippen molar-refractivity contribution in [1.29, 1.82) is 0 Å². The molecule has 1 heterocycles. The lowest BCUT2D eigenvalue weighted by Gasteiger charge is -2.12. The lowest BCUT2D eigenvalue weighted by Crippen LogP contribution is -1.99. The zero-order valence-electron chi connectivity index (χ0n) is 13.5. The number of aromatic nitrogens is 1. The number of aryl methyl sites for hydroxylation is 1. The molecule has 0 aliphatic heterocycles. The Labute approximate surface area is 139 Å². The number of hydrogen-bond donors (Lipinski definition) is 2. The fourth-order valence-corrected chi connectivity index (χ4v) is 2.58. The van der Waals surface area contributed by atoms with Gasteiger partial charge in [0.2, 0.25) is 0 Å². The van der Waals surface area contributed by atoms with Crippen LogP contribution in [0.2, 0.25) is 0 Å². The second kappa shape index (κ2) is 6.58. The number of carboxylic acids is 1. The molecule has 0 saturated heterocycles. The van der Waals surface area contributed by atoms with Crippen LogP contribution < -0.4 is 10.1 Å². The van der Waals surface area contributed by atoms with E-state index in [1.165, 1.54) is 0 Å². The summed E-state index contributed by atoms with van der Waals surface area (Å²) in [5, 5.41) is 13.3. The Hall–Kier alpha value is -3.08. The SMILES string of the molecule is CCOc1ccc2nc(C)cc(Nc3cccc(C(=O)O)c3)c2c1. The smallest absolute Gasteiger partial charge is 0.335 e. The Bertz CT molecular complexity index is 906. The van der Waals surface area contributed by atoms with Crippen molar-refractivity contribution in [2.45, 2.75) is 13.8 Å². The summed E-state index contributed by atoms with van der Waals surface area (Å²) in [6.45, 7) is 4.46. The molecule has 0 aliphatic rings. The third-order valence-corrected chi connectivity index (χ3v) is 3.61. The van der Waals surface area contributed by atoms with Gasteiger partial charge in [-0.1, -0.05) is 6.07 Å². The summed E-state index contributed by atoms with van der Waals surface area (Å²) in [5.41, 5.74) is 3.55. The summed E-state index contributed by atoms with van der Waals surface area (Å²) in [4.78, 5) is 15.7. The van der Waals surface area contributed by atoms with Crippen molar-refractivity contribution in [1.82, 2.24) is 4.98 Å². The van der Waals surface area contributed by atoms with Crippen LogP contribution in [0.25, 0.3) is 10.9 Å². The molecule has 0 spiro atoms. The highest BCUT2D eigenvalue weighted by molar-refractivity contribution is 5.95. The van der Waals surface area contributed by atoms with Crippen LogP contribution in [-0.2, 0) is 0 Å². The minimum Gasteiger partial charge on any atom is -0.494 e. The average molecular weight is 322 g/mol. The van der Waals surface area contributed by atoms with Crippen molar-refractivity contribution < 1.29 is 14.6 Å². The Balaban J connectivity index is 2.05. The summed E-state index contributed by atoms with van der Waals surface area (Å²) in [7, 11) is 0. The van der Waals surface area contributed by atoms with E-state index in [0.29, 0.717) is 12.3 Å². The maximum absolute atomic E-state index is 11.1. The van der Waals surface area contributed by atoms with Gasteiger partial charge in [-0.05, 0) is 56.3 Å². The molecule has 0 unspecified atom stereocenters. The van der Waals surface area contributed by atoms with Gasteiger partial charge in [0.25, 0.3) is 0 Å². The summed E-state index contributed by atoms with van der Waals surface area (Å²) >= 11 is 0. The number of nitrogens with zero attached hydrogens (tertiary/aromatic N) is 1. The molecule has 5 nitrogen and oxygen atoms in total. The van der Waals surface area contributed by atoms with Crippen molar-refractivity contribution in [2.75, 3.05) is 11.9 Å². The number of nitrogens with one attached hydrogen (secondary N) is 1. The van der Waals surface area contributed by atoms with E-state index in [4.69, 9.17) is 9.84 Å². The number of fused-ring (bicyclic) bond motifs is 1. The van der Waals surface area contributed by atoms with Crippen LogP contribution in [-0.4, -0.2) is 22.7 Å². The maximum atomic E-state index is 11.1. The predicted octanol–water partition coefficient (Wildman–Crippen LogP) is 4.38. The number of aromatic carboxylic acids is 1. The molecule has 3 rings (SSSR count). The van der Waals surface area contributed by atoms with E-state index < -0.39 is 5.97 Å². The molecule has 122 valence electrons. The third-order valence-electron chi connectivity index (χ3n) is 3.61. The van der Waals surface area contributed by atoms with E-state index in [-0.39, 0.29) is 5.56 Å². The van der Waals surface area contributed by atoms with Crippen molar-refractivity contribution in [3.63, 3.8) is 0 Å². The summed E-state index contributed by atoms with van der Waals surface area (Å²) in [5.74, 6) is -0.175. The van der Waals surface area contributed by atoms with Crippen LogP contribution in [0.15, 0.2) is 48.5 Å². The Morgan fingerprint density at radius 3 is 2.79 bits per heavy atom. The molecule has 3 aromatic rings. The summed E-state index contributed by atoms with van der Waals surface area (Å²) < 4.78 is 5.57. The molecule has 0 amide bonds. The molecular weight excluding hydrogens is 304 g/mol. The van der Waals surface area contributed by atoms with Gasteiger partial charge in [0.15, 0.2) is 0 Å². The van der Waals surface area contributed by atoms with Gasteiger partial charge in [-0.3, -0.25) is 4.98 Å². The minimum absolute atomic E-state index is 0.241. The molecular formula is C19H18N2O3. The maximum Gasteiger partial charge on any atom is 0.335 e. The topological polar surface area (TPSA) is 71.5 Å². The molecule has 2 aromatic carbocycles. The third kappa shape index (κ3) is 3.30. The van der Waals surface area contributed by atoms with Gasteiger partial charge in [0, 0.05) is 22.5 Å². The van der Waals surface area contributed by atoms with Gasteiger partial charge in [-0.25, -0.2) is 4.79 Å². The van der Waals surface area contributed by atoms with E-state index in [0.717, 1.165) is 28.0 Å². The van der Waals surface area contributed by atoms with Gasteiger partial charge in [-0.15, -0.1) is 0 Å². The zero-order valence-corrected chi connectivity index (χ0v) is 13.5. The number of carboxylic acid groups (broad SMARTS) is 1. The lowest BCUT2D eigenvalue weighted by molar-refractivity contribution is 0.0697. The number of anilines is 2. The standard InChI is InChI=1S/C19H18N2O3/c1-3-24-15-7-8-17-16(11-15)18(9-12(2)20-17)21-14-6-4-5-13(10-14)19(22)23/h4-11H,3H2,1-2H3,(H,20,21)(H,22,23). The first kappa shape index (κ1) is 15.8. The van der Waals surface area contributed by atoms with Crippen LogP contribution in [0, 0.1) is 6.92 Å². The summed E-state index contributed by atoms with van der Waals surface area (Å²) in [6.07, 6.45) is 0. The van der Waals surface area contributed by atoms with Gasteiger partial charge in [0.05, 0.1) is 17.7 Å². The lowest BCUT2D eigenvalue weighted by atomic mass is 10.1. The number of hydrogen-bond acceptors (Lipinski definition) is 4. The summed E-state index contributed by atoms with van der Waals surface area (Å²) in [6, 6.07) is 14.4. The van der Waals surface area contributed by atoms with Crippen molar-refractivity contribution in [3.05, 3.63) is 59.8 Å². The quantitative estimate of drug-likeness (QED) is 0.729. The van der Waals surface area contributed by atoms with Crippen LogP contribution in [0.3, 0.4) is 0 Å². The fourth-order valence-electron chi connectivity index (χ4n) is 2.58. The molecule has 5 heteroatoms. The normalized spacial score (nSPS) is 10.6. The van der Waals surface area contributed by atoms with E-state index in [1.807, 2.05) is 44.2 Å². The Morgan fingerprint density at radius 1 is 1.21 bits per heavy atom. The second-order valence-corrected chi connectivity index (χ2v) is 5.43. The molecule has 0 atom stereocenters. The minimum atomic E-state index is -0.951. The molecule has 2 N–H and O–H groups in total. The molecule has 24 heavy (non-hydrogen) atoms. The Morgan fingerprint density at radius 2 is 2.04 bits per heavy atom. The van der Waals surface area contributed by atoms with Crippen LogP contribution in [0.5, 0.6) is 5.75 Å². The number of pyridine rings is 1. The first-order valence-electron chi connectivity index (χ1n) is 7.71. The first-order chi connectivity index (χ1) is 11.6. The first-order valence-corrected chi connectivity index (χ1v) is 7.71. The van der Waals surface area contributed by atoms with Gasteiger partial charge in [0.1, 0.15) is 5.75 Å².